The zero-order chi connectivity index (χ0) is 35.2. The van der Waals surface area contributed by atoms with Gasteiger partial charge in [0.15, 0.2) is 0 Å². The van der Waals surface area contributed by atoms with Gasteiger partial charge in [0.25, 0.3) is 0 Å². The average Bonchev–Trinajstić information content (AvgIpc) is 3.52. The Balaban J connectivity index is 1.57. The van der Waals surface area contributed by atoms with Crippen LogP contribution in [-0.2, 0) is 20.9 Å². The summed E-state index contributed by atoms with van der Waals surface area (Å²) in [6, 6.07) is 1.06. The number of benzene rings is 1. The van der Waals surface area contributed by atoms with Gasteiger partial charge in [0.1, 0.15) is 17.9 Å². The van der Waals surface area contributed by atoms with Gasteiger partial charge in [-0.1, -0.05) is 39.7 Å². The van der Waals surface area contributed by atoms with E-state index in [2.05, 4.69) is 32.9 Å². The van der Waals surface area contributed by atoms with E-state index in [0.717, 1.165) is 12.8 Å². The first-order chi connectivity index (χ1) is 22.7. The molecule has 10 nitrogen and oxygen atoms in total. The second-order valence-electron chi connectivity index (χ2n) is 13.3. The smallest absolute Gasteiger partial charge is 0.344 e. The predicted octanol–water partition coefficient (Wildman–Crippen LogP) is 4.84. The summed E-state index contributed by atoms with van der Waals surface area (Å²) < 4.78 is 60.3. The van der Waals surface area contributed by atoms with Crippen molar-refractivity contribution < 1.29 is 31.9 Å². The van der Waals surface area contributed by atoms with Crippen molar-refractivity contribution >= 4 is 23.4 Å². The summed E-state index contributed by atoms with van der Waals surface area (Å²) in [4.78, 5) is 43.5. The fourth-order valence-electron chi connectivity index (χ4n) is 6.64. The van der Waals surface area contributed by atoms with Crippen molar-refractivity contribution in [2.75, 3.05) is 38.5 Å². The first-order valence-corrected chi connectivity index (χ1v) is 16.9. The summed E-state index contributed by atoms with van der Waals surface area (Å²) in [5.41, 5.74) is 0.135. The maximum atomic E-state index is 15.7. The molecule has 0 radical (unpaired) electrons. The Morgan fingerprint density at radius 1 is 1.02 bits per heavy atom. The summed E-state index contributed by atoms with van der Waals surface area (Å²) in [5.74, 6) is -2.73. The van der Waals surface area contributed by atoms with E-state index in [1.165, 1.54) is 29.1 Å². The van der Waals surface area contributed by atoms with E-state index in [4.69, 9.17) is 0 Å². The van der Waals surface area contributed by atoms with Crippen LogP contribution in [0.25, 0.3) is 0 Å². The molecule has 3 amide bonds. The van der Waals surface area contributed by atoms with Crippen LogP contribution in [0.2, 0.25) is 0 Å². The van der Waals surface area contributed by atoms with E-state index in [-0.39, 0.29) is 36.2 Å². The minimum Gasteiger partial charge on any atom is -0.344 e. The number of amides is 3. The lowest BCUT2D eigenvalue weighted by molar-refractivity contribution is -0.163. The Hall–Kier alpha value is -3.52. The van der Waals surface area contributed by atoms with Crippen molar-refractivity contribution in [3.63, 3.8) is 0 Å². The van der Waals surface area contributed by atoms with Crippen molar-refractivity contribution in [1.29, 1.82) is 0 Å². The monoisotopic (exact) mass is 679 g/mol. The second kappa shape index (κ2) is 16.3. The van der Waals surface area contributed by atoms with Gasteiger partial charge in [0.2, 0.25) is 17.7 Å². The second-order valence-corrected chi connectivity index (χ2v) is 13.3. The normalized spacial score (nSPS) is 21.6. The third-order valence-corrected chi connectivity index (χ3v) is 9.83. The number of piperazine rings is 1. The summed E-state index contributed by atoms with van der Waals surface area (Å²) in [7, 11) is 1.97. The van der Waals surface area contributed by atoms with Crippen LogP contribution in [0.1, 0.15) is 83.0 Å². The number of nitrogens with zero attached hydrogens (tertiary/aromatic N) is 4. The minimum absolute atomic E-state index is 0.104. The van der Waals surface area contributed by atoms with Gasteiger partial charge in [-0.05, 0) is 62.4 Å². The molecule has 0 bridgehead atoms. The van der Waals surface area contributed by atoms with Crippen molar-refractivity contribution in [2.45, 2.75) is 96.6 Å². The molecule has 2 aliphatic rings. The molecule has 2 fully saturated rings. The Bertz CT molecular complexity index is 1400. The first-order valence-electron chi connectivity index (χ1n) is 16.9. The lowest BCUT2D eigenvalue weighted by Gasteiger charge is -2.36. The number of nitrogens with one attached hydrogen (secondary N) is 3. The molecular formula is C34H49F4N7O3. The number of carbonyl (C=O) groups excluding carboxylic acids is 3. The van der Waals surface area contributed by atoms with Crippen molar-refractivity contribution in [2.24, 2.45) is 11.8 Å². The first kappa shape index (κ1) is 37.3. The van der Waals surface area contributed by atoms with Gasteiger partial charge in [0, 0.05) is 51.3 Å². The number of alkyl halides is 3. The predicted molar refractivity (Wildman–Crippen MR) is 174 cm³/mol. The van der Waals surface area contributed by atoms with Crippen LogP contribution in [0.15, 0.2) is 30.5 Å². The molecule has 1 saturated carbocycles. The van der Waals surface area contributed by atoms with Gasteiger partial charge in [-0.15, -0.1) is 0 Å². The van der Waals surface area contributed by atoms with E-state index < -0.39 is 47.9 Å². The summed E-state index contributed by atoms with van der Waals surface area (Å²) in [6.07, 6.45) is -0.618. The molecule has 2 heterocycles. The topological polar surface area (TPSA) is 112 Å². The van der Waals surface area contributed by atoms with Crippen LogP contribution in [-0.4, -0.2) is 88.8 Å². The van der Waals surface area contributed by atoms with Gasteiger partial charge < -0.3 is 20.4 Å². The molecule has 48 heavy (non-hydrogen) atoms. The molecular weight excluding hydrogens is 630 g/mol. The van der Waals surface area contributed by atoms with Crippen molar-refractivity contribution in [3.8, 4) is 0 Å². The molecule has 14 heteroatoms. The minimum atomic E-state index is -4.72. The number of anilines is 1. The summed E-state index contributed by atoms with van der Waals surface area (Å²) >= 11 is 0. The number of carbonyl (C=O) groups is 3. The summed E-state index contributed by atoms with van der Waals surface area (Å²) in [5, 5.41) is 12.0. The lowest BCUT2D eigenvalue weighted by atomic mass is 9.78. The lowest BCUT2D eigenvalue weighted by Crippen LogP contribution is -2.55. The van der Waals surface area contributed by atoms with Crippen molar-refractivity contribution in [3.05, 3.63) is 47.5 Å². The largest absolute Gasteiger partial charge is 0.409 e. The Morgan fingerprint density at radius 3 is 2.27 bits per heavy atom. The summed E-state index contributed by atoms with van der Waals surface area (Å²) in [6.45, 7) is 9.78. The SMILES string of the molecule is CCC(=O)N[C@@H](C(=O)N1CCN(C)CC1)C(C)c1ccc(NC(=O)[C@@H](NC(c2ccnn2CC)C(F)(F)F)C2CCC(C)CC2)c(F)c1. The number of aromatic nitrogens is 2. The molecule has 1 aliphatic heterocycles. The molecule has 266 valence electrons. The zero-order valence-corrected chi connectivity index (χ0v) is 28.4. The van der Waals surface area contributed by atoms with E-state index in [1.54, 1.807) is 31.7 Å². The highest BCUT2D eigenvalue weighted by Gasteiger charge is 2.46. The van der Waals surface area contributed by atoms with Crippen LogP contribution >= 0.6 is 0 Å². The quantitative estimate of drug-likeness (QED) is 0.277. The fourth-order valence-corrected chi connectivity index (χ4v) is 6.64. The highest BCUT2D eigenvalue weighted by Crippen LogP contribution is 2.37. The average molecular weight is 680 g/mol. The van der Waals surface area contributed by atoms with Crippen LogP contribution in [0, 0.1) is 17.7 Å². The molecule has 1 aromatic carbocycles. The van der Waals surface area contributed by atoms with Crippen LogP contribution < -0.4 is 16.0 Å². The van der Waals surface area contributed by atoms with Crippen LogP contribution in [0.5, 0.6) is 0 Å². The standard InChI is InChI=1S/C34H49F4N7O3/c1-6-28(46)41-29(33(48)44-18-16-43(5)17-19-44)22(4)24-12-13-26(25(35)20-24)40-32(47)30(23-10-8-21(3)9-11-23)42-31(34(36,37)38)27-14-15-39-45(27)7-2/h12-15,20-23,29-31,42H,6-11,16-19H2,1-5H3,(H,40,47)(H,41,46)/t21?,22?,23?,29-,30+,31?/m1/s1. The number of likely N-dealkylation sites (N-methyl/N-ethyl adjacent to an activating group) is 1. The van der Waals surface area contributed by atoms with Crippen LogP contribution in [0.3, 0.4) is 0 Å². The number of hydrogen-bond donors (Lipinski definition) is 3. The number of rotatable bonds is 12. The maximum absolute atomic E-state index is 15.7. The number of halogens is 4. The van der Waals surface area contributed by atoms with Gasteiger partial charge in [-0.3, -0.25) is 24.4 Å². The molecule has 1 aliphatic carbocycles. The maximum Gasteiger partial charge on any atom is 0.409 e. The Morgan fingerprint density at radius 2 is 1.69 bits per heavy atom. The molecule has 0 spiro atoms. The molecule has 1 aromatic heterocycles. The zero-order valence-electron chi connectivity index (χ0n) is 28.4. The fraction of sp³-hybridized carbons (Fsp3) is 0.647. The molecule has 4 rings (SSSR count). The number of hydrogen-bond acceptors (Lipinski definition) is 6. The van der Waals surface area contributed by atoms with E-state index >= 15 is 4.39 Å². The third kappa shape index (κ3) is 9.13. The van der Waals surface area contributed by atoms with Gasteiger partial charge in [0.05, 0.1) is 17.4 Å². The molecule has 2 unspecified atom stereocenters. The molecule has 4 atom stereocenters. The van der Waals surface area contributed by atoms with Gasteiger partial charge in [-0.2, -0.15) is 18.3 Å². The molecule has 1 saturated heterocycles. The van der Waals surface area contributed by atoms with Crippen LogP contribution in [0.4, 0.5) is 23.2 Å². The molecule has 2 aromatic rings. The van der Waals surface area contributed by atoms with Gasteiger partial charge >= 0.3 is 6.18 Å². The third-order valence-electron chi connectivity index (χ3n) is 9.83. The number of aryl methyl sites for hydroxylation is 1. The molecule has 3 N–H and O–H groups in total. The van der Waals surface area contributed by atoms with E-state index in [9.17, 15) is 27.6 Å². The highest BCUT2D eigenvalue weighted by molar-refractivity contribution is 5.95. The highest BCUT2D eigenvalue weighted by atomic mass is 19.4. The Kier molecular flexibility index (Phi) is 12.6. The van der Waals surface area contributed by atoms with Crippen molar-refractivity contribution in [1.82, 2.24) is 30.2 Å². The van der Waals surface area contributed by atoms with Gasteiger partial charge in [-0.25, -0.2) is 4.39 Å². The Labute approximate surface area is 280 Å². The van der Waals surface area contributed by atoms with E-state index in [0.29, 0.717) is 50.5 Å². The van der Waals surface area contributed by atoms with E-state index in [1.807, 2.05) is 7.05 Å².